The van der Waals surface area contributed by atoms with Crippen molar-refractivity contribution >= 4 is 5.97 Å². The largest absolute Gasteiger partial charge is 0.550 e. The number of carbonyl (C=O) groups excluding carboxylic acids is 1. The van der Waals surface area contributed by atoms with Crippen LogP contribution in [-0.2, 0) is 9.53 Å². The third-order valence-corrected chi connectivity index (χ3v) is 3.97. The maximum Gasteiger partial charge on any atom is 0.103 e. The number of carboxylic acids is 1. The van der Waals surface area contributed by atoms with E-state index in [1.54, 1.807) is 0 Å². The summed E-state index contributed by atoms with van der Waals surface area (Å²) in [4.78, 5) is 10.7. The van der Waals surface area contributed by atoms with Crippen LogP contribution in [0.3, 0.4) is 0 Å². The van der Waals surface area contributed by atoms with Gasteiger partial charge < -0.3 is 29.3 Å². The average molecular weight is 331 g/mol. The lowest BCUT2D eigenvalue weighted by Crippen LogP contribution is -2.55. The molecule has 136 valence electrons. The molecule has 0 aliphatic rings. The molecule has 0 radical (unpaired) electrons. The predicted molar refractivity (Wildman–Crippen MR) is 87.6 cm³/mol. The highest BCUT2D eigenvalue weighted by Crippen LogP contribution is 2.08. The molecule has 0 amide bonds. The van der Waals surface area contributed by atoms with E-state index < -0.39 is 5.97 Å². The number of aliphatic hydroxyl groups is 2. The van der Waals surface area contributed by atoms with Gasteiger partial charge in [0, 0.05) is 12.4 Å². The first-order valence-corrected chi connectivity index (χ1v) is 8.59. The Labute approximate surface area is 140 Å². The van der Waals surface area contributed by atoms with Crippen molar-refractivity contribution < 1.29 is 29.3 Å². The Morgan fingerprint density at radius 3 is 2.26 bits per heavy atom. The van der Waals surface area contributed by atoms with Gasteiger partial charge in [-0.25, -0.2) is 0 Å². The van der Waals surface area contributed by atoms with Crippen molar-refractivity contribution in [2.24, 2.45) is 0 Å². The van der Waals surface area contributed by atoms with Crippen molar-refractivity contribution in [3.63, 3.8) is 0 Å². The van der Waals surface area contributed by atoms with Gasteiger partial charge in [-0.2, -0.15) is 0 Å². The molecule has 0 aromatic heterocycles. The Bertz CT molecular complexity index is 314. The fourth-order valence-corrected chi connectivity index (χ4v) is 2.49. The van der Waals surface area contributed by atoms with E-state index in [2.05, 4.69) is 19.1 Å². The number of allylic oxidation sites excluding steroid dienone is 1. The smallest absolute Gasteiger partial charge is 0.103 e. The molecule has 0 saturated heterocycles. The lowest BCUT2D eigenvalue weighted by molar-refractivity contribution is -0.928. The molecule has 0 aromatic rings. The second kappa shape index (κ2) is 14.6. The summed E-state index contributed by atoms with van der Waals surface area (Å²) >= 11 is 0. The summed E-state index contributed by atoms with van der Waals surface area (Å²) in [6.07, 6.45) is 8.58. The Morgan fingerprint density at radius 1 is 1.04 bits per heavy atom. The van der Waals surface area contributed by atoms with Gasteiger partial charge in [-0.05, 0) is 12.8 Å². The standard InChI is InChI=1S/C17H33NO5/c1-2-3-4-5-6-7-15-23-16-12-18(10-13-19,11-14-20)9-8-17(21)22/h5-6,19-20H,2-4,7-16H2,1H3/b6-5+. The number of hydrogen-bond acceptors (Lipinski definition) is 5. The fourth-order valence-electron chi connectivity index (χ4n) is 2.49. The van der Waals surface area contributed by atoms with Gasteiger partial charge in [0.25, 0.3) is 0 Å². The van der Waals surface area contributed by atoms with Crippen molar-refractivity contribution in [2.75, 3.05) is 52.6 Å². The van der Waals surface area contributed by atoms with Crippen molar-refractivity contribution in [1.29, 1.82) is 0 Å². The van der Waals surface area contributed by atoms with Crippen LogP contribution in [0.15, 0.2) is 12.2 Å². The number of ether oxygens (including phenoxy) is 1. The molecule has 6 heteroatoms. The van der Waals surface area contributed by atoms with Crippen molar-refractivity contribution in [2.45, 2.75) is 39.0 Å². The summed E-state index contributed by atoms with van der Waals surface area (Å²) < 4.78 is 5.94. The van der Waals surface area contributed by atoms with E-state index in [0.717, 1.165) is 12.8 Å². The third-order valence-electron chi connectivity index (χ3n) is 3.97. The van der Waals surface area contributed by atoms with E-state index in [9.17, 15) is 20.1 Å². The van der Waals surface area contributed by atoms with E-state index in [1.807, 2.05) is 0 Å². The number of hydrogen-bond donors (Lipinski definition) is 2. The summed E-state index contributed by atoms with van der Waals surface area (Å²) in [6, 6.07) is 0. The molecule has 0 heterocycles. The number of quaternary nitrogens is 1. The number of rotatable bonds is 16. The molecule has 2 N–H and O–H groups in total. The highest BCUT2D eigenvalue weighted by Gasteiger charge is 2.25. The van der Waals surface area contributed by atoms with Gasteiger partial charge in [-0.3, -0.25) is 0 Å². The van der Waals surface area contributed by atoms with Gasteiger partial charge in [0.15, 0.2) is 0 Å². The molecule has 6 nitrogen and oxygen atoms in total. The minimum Gasteiger partial charge on any atom is -0.550 e. The van der Waals surface area contributed by atoms with E-state index in [-0.39, 0.29) is 19.6 Å². The van der Waals surface area contributed by atoms with Gasteiger partial charge in [0.1, 0.15) is 19.6 Å². The Hall–Kier alpha value is -0.950. The molecule has 0 fully saturated rings. The van der Waals surface area contributed by atoms with Crippen molar-refractivity contribution in [3.8, 4) is 0 Å². The molecular weight excluding hydrogens is 298 g/mol. The van der Waals surface area contributed by atoms with E-state index in [0.29, 0.717) is 43.9 Å². The zero-order chi connectivity index (χ0) is 17.4. The first-order valence-electron chi connectivity index (χ1n) is 8.59. The first-order chi connectivity index (χ1) is 11.1. The Morgan fingerprint density at radius 2 is 1.70 bits per heavy atom. The van der Waals surface area contributed by atoms with Crippen LogP contribution >= 0.6 is 0 Å². The SMILES string of the molecule is CCCC/C=C/CCOCC[N+](CCO)(CCO)CCC(=O)[O-]. The highest BCUT2D eigenvalue weighted by atomic mass is 16.5. The molecule has 0 rings (SSSR count). The number of aliphatic hydroxyl groups excluding tert-OH is 2. The Balaban J connectivity index is 4.11. The summed E-state index contributed by atoms with van der Waals surface area (Å²) in [5.74, 6) is -1.11. The summed E-state index contributed by atoms with van der Waals surface area (Å²) in [6.45, 7) is 4.91. The lowest BCUT2D eigenvalue weighted by Gasteiger charge is -2.38. The molecular formula is C17H33NO5. The zero-order valence-corrected chi connectivity index (χ0v) is 14.4. The third kappa shape index (κ3) is 12.2. The summed E-state index contributed by atoms with van der Waals surface area (Å²) in [5, 5.41) is 29.1. The monoisotopic (exact) mass is 331 g/mol. The van der Waals surface area contributed by atoms with Gasteiger partial charge >= 0.3 is 0 Å². The molecule has 0 spiro atoms. The molecule has 0 saturated carbocycles. The number of carbonyl (C=O) groups is 1. The quantitative estimate of drug-likeness (QED) is 0.237. The van der Waals surface area contributed by atoms with Crippen LogP contribution in [0.1, 0.15) is 39.0 Å². The number of carboxylic acid groups (broad SMARTS) is 1. The topological polar surface area (TPSA) is 89.8 Å². The second-order valence-corrected chi connectivity index (χ2v) is 5.82. The van der Waals surface area contributed by atoms with Crippen LogP contribution in [0, 0.1) is 0 Å². The highest BCUT2D eigenvalue weighted by molar-refractivity contribution is 5.64. The van der Waals surface area contributed by atoms with Crippen LogP contribution in [0.2, 0.25) is 0 Å². The van der Waals surface area contributed by atoms with Crippen LogP contribution in [0.25, 0.3) is 0 Å². The van der Waals surface area contributed by atoms with Gasteiger partial charge in [0.2, 0.25) is 0 Å². The van der Waals surface area contributed by atoms with E-state index in [4.69, 9.17) is 4.74 Å². The minimum absolute atomic E-state index is 0.0484. The van der Waals surface area contributed by atoms with Crippen LogP contribution < -0.4 is 5.11 Å². The molecule has 0 aliphatic heterocycles. The number of nitrogens with zero attached hydrogens (tertiary/aromatic N) is 1. The van der Waals surface area contributed by atoms with E-state index >= 15 is 0 Å². The maximum absolute atomic E-state index is 10.7. The molecule has 0 unspecified atom stereocenters. The van der Waals surface area contributed by atoms with E-state index in [1.165, 1.54) is 12.8 Å². The number of aliphatic carboxylic acids is 1. The predicted octanol–water partition coefficient (Wildman–Crippen LogP) is 0.0809. The first kappa shape index (κ1) is 22.1. The maximum atomic E-state index is 10.7. The van der Waals surface area contributed by atoms with Crippen molar-refractivity contribution in [3.05, 3.63) is 12.2 Å². The van der Waals surface area contributed by atoms with Crippen LogP contribution in [0.4, 0.5) is 0 Å². The van der Waals surface area contributed by atoms with Gasteiger partial charge in [-0.1, -0.05) is 31.9 Å². The number of unbranched alkanes of at least 4 members (excludes halogenated alkanes) is 2. The van der Waals surface area contributed by atoms with Crippen molar-refractivity contribution in [1.82, 2.24) is 0 Å². The molecule has 23 heavy (non-hydrogen) atoms. The minimum atomic E-state index is -1.11. The summed E-state index contributed by atoms with van der Waals surface area (Å²) in [7, 11) is 0. The van der Waals surface area contributed by atoms with Gasteiger partial charge in [-0.15, -0.1) is 0 Å². The second-order valence-electron chi connectivity index (χ2n) is 5.82. The summed E-state index contributed by atoms with van der Waals surface area (Å²) in [5.41, 5.74) is 0. The lowest BCUT2D eigenvalue weighted by atomic mass is 10.2. The normalized spacial score (nSPS) is 12.1. The molecule has 0 aromatic carbocycles. The van der Waals surface area contributed by atoms with Crippen LogP contribution in [-0.4, -0.2) is 73.3 Å². The molecule has 0 aliphatic carbocycles. The molecule has 0 atom stereocenters. The molecule has 0 bridgehead atoms. The van der Waals surface area contributed by atoms with Gasteiger partial charge in [0.05, 0.1) is 33.0 Å². The zero-order valence-electron chi connectivity index (χ0n) is 14.4. The average Bonchev–Trinajstić information content (AvgIpc) is 2.52. The Kier molecular flexibility index (Phi) is 14.0. The van der Waals surface area contributed by atoms with Crippen LogP contribution in [0.5, 0.6) is 0 Å². The fraction of sp³-hybridized carbons (Fsp3) is 0.824.